The Kier molecular flexibility index (Phi) is 7.39. The molecule has 6 nitrogen and oxygen atoms in total. The van der Waals surface area contributed by atoms with E-state index in [4.69, 9.17) is 5.26 Å². The van der Waals surface area contributed by atoms with Gasteiger partial charge in [-0.15, -0.1) is 0 Å². The van der Waals surface area contributed by atoms with Gasteiger partial charge in [0.2, 0.25) is 0 Å². The van der Waals surface area contributed by atoms with E-state index in [1.165, 1.54) is 0 Å². The Labute approximate surface area is 205 Å². The highest BCUT2D eigenvalue weighted by molar-refractivity contribution is 6.11. The van der Waals surface area contributed by atoms with E-state index >= 15 is 0 Å². The Balaban J connectivity index is 1.59. The van der Waals surface area contributed by atoms with Crippen molar-refractivity contribution in [3.8, 4) is 6.07 Å². The number of amides is 1. The third-order valence-electron chi connectivity index (χ3n) is 6.18. The molecule has 0 saturated heterocycles. The Morgan fingerprint density at radius 1 is 1.00 bits per heavy atom. The zero-order valence-electron chi connectivity index (χ0n) is 19.8. The first-order valence-electron chi connectivity index (χ1n) is 11.7. The number of rotatable bonds is 9. The van der Waals surface area contributed by atoms with Gasteiger partial charge in [-0.2, -0.15) is 5.26 Å². The van der Waals surface area contributed by atoms with Crippen LogP contribution in [-0.2, 0) is 0 Å². The van der Waals surface area contributed by atoms with Crippen LogP contribution in [0.2, 0.25) is 0 Å². The molecule has 0 radical (unpaired) electrons. The van der Waals surface area contributed by atoms with Crippen LogP contribution in [0.3, 0.4) is 0 Å². The van der Waals surface area contributed by atoms with Gasteiger partial charge in [0, 0.05) is 41.3 Å². The minimum atomic E-state index is -0.529. The predicted octanol–water partition coefficient (Wildman–Crippen LogP) is 5.11. The molecule has 1 heterocycles. The van der Waals surface area contributed by atoms with Crippen LogP contribution in [0, 0.1) is 11.3 Å². The molecule has 4 aromatic rings. The number of aromatic nitrogens is 1. The number of carbonyl (C=O) groups is 2. The smallest absolute Gasteiger partial charge is 0.251 e. The minimum Gasteiger partial charge on any atom is -0.360 e. The molecule has 0 aliphatic rings. The van der Waals surface area contributed by atoms with E-state index in [9.17, 15) is 9.59 Å². The van der Waals surface area contributed by atoms with Crippen LogP contribution >= 0.6 is 0 Å². The van der Waals surface area contributed by atoms with Crippen LogP contribution < -0.4 is 10.6 Å². The summed E-state index contributed by atoms with van der Waals surface area (Å²) in [4.78, 5) is 29.1. The average Bonchev–Trinajstić information content (AvgIpc) is 3.32. The molecule has 2 atom stereocenters. The maximum Gasteiger partial charge on any atom is 0.251 e. The molecular formula is C29H28N4O2. The van der Waals surface area contributed by atoms with Gasteiger partial charge in [0.15, 0.2) is 5.78 Å². The summed E-state index contributed by atoms with van der Waals surface area (Å²) in [5, 5.41) is 16.1. The first-order chi connectivity index (χ1) is 17.0. The minimum absolute atomic E-state index is 0.0414. The second kappa shape index (κ2) is 10.8. The fourth-order valence-electron chi connectivity index (χ4n) is 4.20. The van der Waals surface area contributed by atoms with Crippen molar-refractivity contribution in [2.75, 3.05) is 13.1 Å². The van der Waals surface area contributed by atoms with Gasteiger partial charge in [0.05, 0.1) is 17.7 Å². The van der Waals surface area contributed by atoms with E-state index in [1.807, 2.05) is 67.6 Å². The van der Waals surface area contributed by atoms with Crippen molar-refractivity contribution < 1.29 is 9.59 Å². The van der Waals surface area contributed by atoms with Crippen LogP contribution in [0.15, 0.2) is 79.0 Å². The van der Waals surface area contributed by atoms with Crippen LogP contribution in [0.4, 0.5) is 0 Å². The molecular weight excluding hydrogens is 436 g/mol. The Morgan fingerprint density at radius 2 is 1.74 bits per heavy atom. The number of ketones is 1. The molecule has 6 heteroatoms. The Bertz CT molecular complexity index is 1370. The maximum absolute atomic E-state index is 13.8. The molecule has 0 bridgehead atoms. The van der Waals surface area contributed by atoms with Crippen molar-refractivity contribution in [3.63, 3.8) is 0 Å². The number of Topliss-reactive ketones (excluding diaryl/α,β-unsaturated/α-hetero) is 1. The monoisotopic (exact) mass is 464 g/mol. The van der Waals surface area contributed by atoms with Crippen LogP contribution in [0.5, 0.6) is 0 Å². The molecule has 3 N–H and O–H groups in total. The van der Waals surface area contributed by atoms with Gasteiger partial charge in [0.25, 0.3) is 5.91 Å². The van der Waals surface area contributed by atoms with Gasteiger partial charge in [-0.05, 0) is 48.2 Å². The Morgan fingerprint density at radius 3 is 2.43 bits per heavy atom. The van der Waals surface area contributed by atoms with Crippen LogP contribution in [0.25, 0.3) is 10.9 Å². The summed E-state index contributed by atoms with van der Waals surface area (Å²) in [6.45, 7) is 5.10. The van der Waals surface area contributed by atoms with E-state index in [0.29, 0.717) is 29.8 Å². The van der Waals surface area contributed by atoms with E-state index in [1.54, 1.807) is 18.3 Å². The van der Waals surface area contributed by atoms with Gasteiger partial charge in [-0.3, -0.25) is 9.59 Å². The number of carbonyl (C=O) groups excluding carboxylic acids is 2. The van der Waals surface area contributed by atoms with E-state index in [2.05, 4.69) is 28.6 Å². The summed E-state index contributed by atoms with van der Waals surface area (Å²) in [6, 6.07) is 24.2. The summed E-state index contributed by atoms with van der Waals surface area (Å²) >= 11 is 0. The van der Waals surface area contributed by atoms with Crippen molar-refractivity contribution in [2.24, 2.45) is 0 Å². The highest BCUT2D eigenvalue weighted by Gasteiger charge is 2.25. The number of fused-ring (bicyclic) bond motifs is 1. The zero-order valence-corrected chi connectivity index (χ0v) is 19.8. The first-order valence-corrected chi connectivity index (χ1v) is 11.7. The SMILES string of the molecule is CCNC(=O)c1ccc2c(C(=O)C(NC[C@@H](C)c3ccc(C#N)cc3)c3ccccc3)c[nH]c2c1. The number of nitrogens with zero attached hydrogens (tertiary/aromatic N) is 1. The molecule has 1 amide bonds. The van der Waals surface area contributed by atoms with Gasteiger partial charge in [-0.1, -0.05) is 55.5 Å². The quantitative estimate of drug-likeness (QED) is 0.300. The van der Waals surface area contributed by atoms with E-state index in [0.717, 1.165) is 22.0 Å². The number of hydrogen-bond acceptors (Lipinski definition) is 4. The molecule has 35 heavy (non-hydrogen) atoms. The molecule has 176 valence electrons. The summed E-state index contributed by atoms with van der Waals surface area (Å²) in [5.74, 6) is -0.0397. The number of nitriles is 1. The average molecular weight is 465 g/mol. The fraction of sp³-hybridized carbons (Fsp3) is 0.207. The highest BCUT2D eigenvalue weighted by Crippen LogP contribution is 2.26. The van der Waals surface area contributed by atoms with Crippen molar-refractivity contribution in [1.29, 1.82) is 5.26 Å². The second-order valence-electron chi connectivity index (χ2n) is 8.57. The molecule has 0 saturated carbocycles. The Hall–Kier alpha value is -4.21. The third-order valence-corrected chi connectivity index (χ3v) is 6.18. The lowest BCUT2D eigenvalue weighted by Gasteiger charge is -2.21. The van der Waals surface area contributed by atoms with E-state index < -0.39 is 6.04 Å². The largest absolute Gasteiger partial charge is 0.360 e. The van der Waals surface area contributed by atoms with Crippen molar-refractivity contribution >= 4 is 22.6 Å². The lowest BCUT2D eigenvalue weighted by atomic mass is 9.95. The number of aromatic amines is 1. The summed E-state index contributed by atoms with van der Waals surface area (Å²) < 4.78 is 0. The standard InChI is InChI=1S/C29H28N4O2/c1-3-31-29(35)23-13-14-24-25(18-32-26(24)15-23)28(34)27(22-7-5-4-6-8-22)33-17-19(2)21-11-9-20(16-30)10-12-21/h4-15,18-19,27,32-33H,3,17H2,1-2H3,(H,31,35)/t19-,27?/m1/s1. The van der Waals surface area contributed by atoms with Gasteiger partial charge in [0.1, 0.15) is 0 Å². The predicted molar refractivity (Wildman–Crippen MR) is 137 cm³/mol. The third kappa shape index (κ3) is 5.32. The second-order valence-corrected chi connectivity index (χ2v) is 8.57. The molecule has 1 unspecified atom stereocenters. The molecule has 0 aliphatic carbocycles. The molecule has 3 aromatic carbocycles. The van der Waals surface area contributed by atoms with Crippen molar-refractivity contribution in [2.45, 2.75) is 25.8 Å². The molecule has 0 fully saturated rings. The lowest BCUT2D eigenvalue weighted by molar-refractivity contribution is 0.0940. The summed E-state index contributed by atoms with van der Waals surface area (Å²) in [7, 11) is 0. The summed E-state index contributed by atoms with van der Waals surface area (Å²) in [5.41, 5.74) is 4.48. The van der Waals surface area contributed by atoms with Crippen LogP contribution in [0.1, 0.15) is 63.2 Å². The molecule has 1 aromatic heterocycles. The lowest BCUT2D eigenvalue weighted by Crippen LogP contribution is -2.31. The number of hydrogen-bond donors (Lipinski definition) is 3. The maximum atomic E-state index is 13.8. The molecule has 0 spiro atoms. The normalized spacial score (nSPS) is 12.6. The van der Waals surface area contributed by atoms with Crippen molar-refractivity contribution in [3.05, 3.63) is 107 Å². The molecule has 4 rings (SSSR count). The van der Waals surface area contributed by atoms with Crippen molar-refractivity contribution in [1.82, 2.24) is 15.6 Å². The van der Waals surface area contributed by atoms with Crippen LogP contribution in [-0.4, -0.2) is 29.8 Å². The first kappa shape index (κ1) is 23.9. The topological polar surface area (TPSA) is 97.8 Å². The fourth-order valence-corrected chi connectivity index (χ4v) is 4.20. The summed E-state index contributed by atoms with van der Waals surface area (Å²) in [6.07, 6.45) is 1.72. The van der Waals surface area contributed by atoms with Gasteiger partial charge in [-0.25, -0.2) is 0 Å². The van der Waals surface area contributed by atoms with Gasteiger partial charge >= 0.3 is 0 Å². The number of H-pyrrole nitrogens is 1. The van der Waals surface area contributed by atoms with E-state index in [-0.39, 0.29) is 17.6 Å². The number of nitrogens with one attached hydrogen (secondary N) is 3. The zero-order chi connectivity index (χ0) is 24.8. The van der Waals surface area contributed by atoms with Gasteiger partial charge < -0.3 is 15.6 Å². The highest BCUT2D eigenvalue weighted by atomic mass is 16.1. The number of benzene rings is 3. The molecule has 0 aliphatic heterocycles.